The third-order valence-corrected chi connectivity index (χ3v) is 2.75. The minimum atomic E-state index is -0.442. The van der Waals surface area contributed by atoms with Crippen LogP contribution in [0.1, 0.15) is 32.3 Å². The van der Waals surface area contributed by atoms with Crippen LogP contribution in [0.5, 0.6) is 0 Å². The third-order valence-electron chi connectivity index (χ3n) is 2.75. The zero-order valence-electron chi connectivity index (χ0n) is 11.4. The van der Waals surface area contributed by atoms with Gasteiger partial charge in [-0.2, -0.15) is 0 Å². The van der Waals surface area contributed by atoms with Crippen LogP contribution < -0.4 is 10.6 Å². The van der Waals surface area contributed by atoms with E-state index in [4.69, 9.17) is 0 Å². The molecule has 0 aromatic heterocycles. The largest absolute Gasteiger partial charge is 0.335 e. The maximum absolute atomic E-state index is 11.7. The summed E-state index contributed by atoms with van der Waals surface area (Å²) in [5, 5.41) is 16.1. The molecule has 0 aliphatic rings. The van der Waals surface area contributed by atoms with Crippen molar-refractivity contribution in [2.45, 2.75) is 39.7 Å². The molecule has 19 heavy (non-hydrogen) atoms. The topological polar surface area (TPSA) is 84.3 Å². The van der Waals surface area contributed by atoms with Gasteiger partial charge in [-0.25, -0.2) is 4.79 Å². The summed E-state index contributed by atoms with van der Waals surface area (Å²) in [5.41, 5.74) is 1.11. The maximum atomic E-state index is 11.7. The first-order valence-corrected chi connectivity index (χ1v) is 6.26. The monoisotopic (exact) mass is 265 g/mol. The summed E-state index contributed by atoms with van der Waals surface area (Å²) in [7, 11) is 0. The van der Waals surface area contributed by atoms with Gasteiger partial charge >= 0.3 is 6.03 Å². The van der Waals surface area contributed by atoms with Crippen LogP contribution in [0.2, 0.25) is 0 Å². The normalized spacial score (nSPS) is 11.7. The Balaban J connectivity index is 2.65. The van der Waals surface area contributed by atoms with Gasteiger partial charge in [0.2, 0.25) is 0 Å². The Kier molecular flexibility index (Phi) is 5.29. The minimum Gasteiger partial charge on any atom is -0.335 e. The molecule has 0 aliphatic carbocycles. The molecule has 0 aliphatic heterocycles. The number of anilines is 1. The van der Waals surface area contributed by atoms with Gasteiger partial charge in [0.1, 0.15) is 0 Å². The van der Waals surface area contributed by atoms with Crippen LogP contribution in [0.25, 0.3) is 0 Å². The number of aryl methyl sites for hydroxylation is 1. The van der Waals surface area contributed by atoms with Gasteiger partial charge in [-0.05, 0) is 32.4 Å². The standard InChI is InChI=1S/C13H19N3O3/c1-4-5-10(3)14-13(17)15-11-6-7-12(16(18)19)9(2)8-11/h6-8,10H,4-5H2,1-3H3,(H2,14,15,17). The molecular formula is C13H19N3O3. The summed E-state index contributed by atoms with van der Waals surface area (Å²) in [6.07, 6.45) is 1.91. The fourth-order valence-electron chi connectivity index (χ4n) is 1.83. The molecule has 0 bridgehead atoms. The second kappa shape index (κ2) is 6.72. The molecular weight excluding hydrogens is 246 g/mol. The quantitative estimate of drug-likeness (QED) is 0.633. The van der Waals surface area contributed by atoms with E-state index in [-0.39, 0.29) is 17.8 Å². The Hall–Kier alpha value is -2.11. The van der Waals surface area contributed by atoms with Crippen LogP contribution in [-0.4, -0.2) is 17.0 Å². The Labute approximate surface area is 112 Å². The van der Waals surface area contributed by atoms with E-state index in [0.29, 0.717) is 11.3 Å². The highest BCUT2D eigenvalue weighted by Crippen LogP contribution is 2.21. The number of nitro benzene ring substituents is 1. The Morgan fingerprint density at radius 3 is 2.68 bits per heavy atom. The Morgan fingerprint density at radius 2 is 2.16 bits per heavy atom. The number of nitrogens with one attached hydrogen (secondary N) is 2. The zero-order valence-corrected chi connectivity index (χ0v) is 11.4. The molecule has 6 heteroatoms. The van der Waals surface area contributed by atoms with Crippen molar-refractivity contribution in [2.24, 2.45) is 0 Å². The van der Waals surface area contributed by atoms with E-state index >= 15 is 0 Å². The van der Waals surface area contributed by atoms with Crippen molar-refractivity contribution in [2.75, 3.05) is 5.32 Å². The van der Waals surface area contributed by atoms with Crippen molar-refractivity contribution in [1.82, 2.24) is 5.32 Å². The third kappa shape index (κ3) is 4.57. The molecule has 1 unspecified atom stereocenters. The van der Waals surface area contributed by atoms with E-state index in [1.54, 1.807) is 13.0 Å². The van der Waals surface area contributed by atoms with Gasteiger partial charge < -0.3 is 10.6 Å². The van der Waals surface area contributed by atoms with Gasteiger partial charge in [-0.15, -0.1) is 0 Å². The van der Waals surface area contributed by atoms with Gasteiger partial charge in [0.05, 0.1) is 4.92 Å². The molecule has 6 nitrogen and oxygen atoms in total. The summed E-state index contributed by atoms with van der Waals surface area (Å²) in [5.74, 6) is 0. The van der Waals surface area contributed by atoms with Crippen molar-refractivity contribution in [1.29, 1.82) is 0 Å². The molecule has 0 saturated heterocycles. The van der Waals surface area contributed by atoms with E-state index in [1.807, 2.05) is 6.92 Å². The van der Waals surface area contributed by atoms with Gasteiger partial charge in [0.25, 0.3) is 5.69 Å². The lowest BCUT2D eigenvalue weighted by Gasteiger charge is -2.13. The molecule has 0 saturated carbocycles. The molecule has 0 radical (unpaired) electrons. The molecule has 1 aromatic carbocycles. The smallest absolute Gasteiger partial charge is 0.319 e. The van der Waals surface area contributed by atoms with Crippen LogP contribution >= 0.6 is 0 Å². The molecule has 0 spiro atoms. The highest BCUT2D eigenvalue weighted by molar-refractivity contribution is 5.89. The first kappa shape index (κ1) is 14.9. The fraction of sp³-hybridized carbons (Fsp3) is 0.462. The van der Waals surface area contributed by atoms with Gasteiger partial charge in [-0.1, -0.05) is 13.3 Å². The SMILES string of the molecule is CCCC(C)NC(=O)Nc1ccc([N+](=O)[O-])c(C)c1. The number of nitro groups is 1. The number of rotatable bonds is 5. The number of carbonyl (C=O) groups excluding carboxylic acids is 1. The van der Waals surface area contributed by atoms with Crippen molar-refractivity contribution in [3.63, 3.8) is 0 Å². The molecule has 2 N–H and O–H groups in total. The van der Waals surface area contributed by atoms with Gasteiger partial charge in [0.15, 0.2) is 0 Å². The Bertz CT molecular complexity index is 474. The number of urea groups is 1. The van der Waals surface area contributed by atoms with Crippen LogP contribution in [0.15, 0.2) is 18.2 Å². The van der Waals surface area contributed by atoms with E-state index in [2.05, 4.69) is 17.6 Å². The molecule has 2 amide bonds. The summed E-state index contributed by atoms with van der Waals surface area (Å²) in [4.78, 5) is 21.9. The average molecular weight is 265 g/mol. The van der Waals surface area contributed by atoms with E-state index in [1.165, 1.54) is 12.1 Å². The van der Waals surface area contributed by atoms with Crippen molar-refractivity contribution in [3.8, 4) is 0 Å². The highest BCUT2D eigenvalue weighted by Gasteiger charge is 2.12. The van der Waals surface area contributed by atoms with Crippen LogP contribution in [0, 0.1) is 17.0 Å². The van der Waals surface area contributed by atoms with Crippen LogP contribution in [-0.2, 0) is 0 Å². The summed E-state index contributed by atoms with van der Waals surface area (Å²) >= 11 is 0. The number of benzene rings is 1. The molecule has 1 atom stereocenters. The summed E-state index contributed by atoms with van der Waals surface area (Å²) in [6.45, 7) is 5.63. The number of hydrogen-bond donors (Lipinski definition) is 2. The lowest BCUT2D eigenvalue weighted by Crippen LogP contribution is -2.35. The second-order valence-electron chi connectivity index (χ2n) is 4.55. The number of hydrogen-bond acceptors (Lipinski definition) is 3. The van der Waals surface area contributed by atoms with E-state index < -0.39 is 4.92 Å². The minimum absolute atomic E-state index is 0.0466. The fourth-order valence-corrected chi connectivity index (χ4v) is 1.83. The number of amides is 2. The maximum Gasteiger partial charge on any atom is 0.319 e. The lowest BCUT2D eigenvalue weighted by atomic mass is 10.2. The highest BCUT2D eigenvalue weighted by atomic mass is 16.6. The first-order chi connectivity index (χ1) is 8.93. The first-order valence-electron chi connectivity index (χ1n) is 6.26. The molecule has 0 heterocycles. The zero-order chi connectivity index (χ0) is 14.4. The van der Waals surface area contributed by atoms with Gasteiger partial charge in [-0.3, -0.25) is 10.1 Å². The van der Waals surface area contributed by atoms with E-state index in [0.717, 1.165) is 12.8 Å². The summed E-state index contributed by atoms with van der Waals surface area (Å²) < 4.78 is 0. The molecule has 1 rings (SSSR count). The second-order valence-corrected chi connectivity index (χ2v) is 4.55. The number of carbonyl (C=O) groups is 1. The number of nitrogens with zero attached hydrogens (tertiary/aromatic N) is 1. The van der Waals surface area contributed by atoms with Gasteiger partial charge in [0, 0.05) is 23.4 Å². The van der Waals surface area contributed by atoms with Crippen LogP contribution in [0.4, 0.5) is 16.2 Å². The van der Waals surface area contributed by atoms with Crippen LogP contribution in [0.3, 0.4) is 0 Å². The van der Waals surface area contributed by atoms with Crippen molar-refractivity contribution >= 4 is 17.4 Å². The van der Waals surface area contributed by atoms with E-state index in [9.17, 15) is 14.9 Å². The average Bonchev–Trinajstić information content (AvgIpc) is 2.28. The predicted octanol–water partition coefficient (Wildman–Crippen LogP) is 3.21. The molecule has 1 aromatic rings. The Morgan fingerprint density at radius 1 is 1.47 bits per heavy atom. The molecule has 0 fully saturated rings. The predicted molar refractivity (Wildman–Crippen MR) is 74.4 cm³/mol. The summed E-state index contributed by atoms with van der Waals surface area (Å²) in [6, 6.07) is 4.30. The molecule has 104 valence electrons. The van der Waals surface area contributed by atoms with Crippen molar-refractivity contribution in [3.05, 3.63) is 33.9 Å². The van der Waals surface area contributed by atoms with Crippen molar-refractivity contribution < 1.29 is 9.72 Å². The lowest BCUT2D eigenvalue weighted by molar-refractivity contribution is -0.385.